The molecule has 0 unspecified atom stereocenters. The minimum absolute atomic E-state index is 0.289. The SMILES string of the molecule is CCOc1cc(/C=C2/SC(=Nc3ccc(Cl)c(Cl)c3)NC2=O)cc(I)c1OCC(=O)O. The standard InChI is InChI=1S/C20H15Cl2IN2O5S/c1-2-29-15-6-10(5-14(23)18(15)30-9-17(26)27)7-16-19(28)25-20(31-16)24-11-3-4-12(21)13(22)8-11/h3-8H,2,9H2,1H3,(H,26,27)(H,24,25,28)/b16-7+. The second-order valence-corrected chi connectivity index (χ2v) is 9.03. The average Bonchev–Trinajstić information content (AvgIpc) is 3.03. The molecule has 1 fully saturated rings. The topological polar surface area (TPSA) is 97.2 Å². The summed E-state index contributed by atoms with van der Waals surface area (Å²) >= 11 is 15.1. The van der Waals surface area contributed by atoms with Crippen LogP contribution >= 0.6 is 57.6 Å². The number of nitrogens with zero attached hydrogens (tertiary/aromatic N) is 1. The molecule has 11 heteroatoms. The van der Waals surface area contributed by atoms with Crippen LogP contribution in [0.1, 0.15) is 12.5 Å². The number of rotatable bonds is 7. The van der Waals surface area contributed by atoms with Crippen molar-refractivity contribution in [1.82, 2.24) is 5.32 Å². The first-order valence-electron chi connectivity index (χ1n) is 8.82. The van der Waals surface area contributed by atoms with Gasteiger partial charge in [-0.15, -0.1) is 0 Å². The number of hydrogen-bond acceptors (Lipinski definition) is 6. The van der Waals surface area contributed by atoms with E-state index in [-0.39, 0.29) is 5.91 Å². The highest BCUT2D eigenvalue weighted by molar-refractivity contribution is 14.1. The van der Waals surface area contributed by atoms with Crippen LogP contribution in [0.15, 0.2) is 40.2 Å². The molecule has 2 N–H and O–H groups in total. The predicted octanol–water partition coefficient (Wildman–Crippen LogP) is 5.35. The van der Waals surface area contributed by atoms with Crippen LogP contribution in [0.2, 0.25) is 10.0 Å². The largest absolute Gasteiger partial charge is 0.490 e. The van der Waals surface area contributed by atoms with Crippen molar-refractivity contribution in [2.45, 2.75) is 6.92 Å². The molecule has 31 heavy (non-hydrogen) atoms. The first-order valence-corrected chi connectivity index (χ1v) is 11.5. The third kappa shape index (κ3) is 6.28. The van der Waals surface area contributed by atoms with Gasteiger partial charge in [0.2, 0.25) is 0 Å². The third-order valence-electron chi connectivity index (χ3n) is 3.75. The fraction of sp³-hybridized carbons (Fsp3) is 0.150. The summed E-state index contributed by atoms with van der Waals surface area (Å²) in [4.78, 5) is 28.0. The van der Waals surface area contributed by atoms with Crippen LogP contribution in [-0.2, 0) is 9.59 Å². The van der Waals surface area contributed by atoms with Crippen LogP contribution in [0.25, 0.3) is 6.08 Å². The molecule has 0 atom stereocenters. The molecule has 1 saturated heterocycles. The first-order chi connectivity index (χ1) is 14.8. The van der Waals surface area contributed by atoms with E-state index in [4.69, 9.17) is 37.8 Å². The molecule has 162 valence electrons. The first kappa shape index (κ1) is 23.7. The minimum Gasteiger partial charge on any atom is -0.490 e. The Balaban J connectivity index is 1.86. The second-order valence-electron chi connectivity index (χ2n) is 6.03. The molecule has 7 nitrogen and oxygen atoms in total. The van der Waals surface area contributed by atoms with Crippen molar-refractivity contribution in [3.05, 3.63) is 54.4 Å². The summed E-state index contributed by atoms with van der Waals surface area (Å²) in [6.07, 6.45) is 1.70. The normalized spacial score (nSPS) is 15.9. The zero-order chi connectivity index (χ0) is 22.5. The highest BCUT2D eigenvalue weighted by Crippen LogP contribution is 2.36. The van der Waals surface area contributed by atoms with Gasteiger partial charge in [-0.05, 0) is 83.2 Å². The summed E-state index contributed by atoms with van der Waals surface area (Å²) in [7, 11) is 0. The van der Waals surface area contributed by atoms with Crippen LogP contribution in [0.4, 0.5) is 5.69 Å². The van der Waals surface area contributed by atoms with Gasteiger partial charge in [0, 0.05) is 0 Å². The number of aliphatic imine (C=N–C) groups is 1. The number of ether oxygens (including phenoxy) is 2. The summed E-state index contributed by atoms with van der Waals surface area (Å²) in [5.41, 5.74) is 1.26. The molecular weight excluding hydrogens is 578 g/mol. The lowest BCUT2D eigenvalue weighted by atomic mass is 10.2. The number of hydrogen-bond donors (Lipinski definition) is 2. The van der Waals surface area contributed by atoms with E-state index >= 15 is 0 Å². The molecular formula is C20H15Cl2IN2O5S. The van der Waals surface area contributed by atoms with Crippen molar-refractivity contribution >= 4 is 86.4 Å². The van der Waals surface area contributed by atoms with Crippen molar-refractivity contribution in [3.63, 3.8) is 0 Å². The monoisotopic (exact) mass is 592 g/mol. The third-order valence-corrected chi connectivity index (χ3v) is 6.20. The zero-order valence-electron chi connectivity index (χ0n) is 15.9. The minimum atomic E-state index is -1.09. The second kappa shape index (κ2) is 10.6. The number of carboxylic acids is 1. The van der Waals surface area contributed by atoms with Crippen molar-refractivity contribution < 1.29 is 24.2 Å². The molecule has 2 aromatic rings. The van der Waals surface area contributed by atoms with Crippen molar-refractivity contribution in [1.29, 1.82) is 0 Å². The van der Waals surface area contributed by atoms with E-state index in [2.05, 4.69) is 10.3 Å². The van der Waals surface area contributed by atoms with E-state index in [1.807, 2.05) is 29.5 Å². The molecule has 0 saturated carbocycles. The van der Waals surface area contributed by atoms with Gasteiger partial charge in [-0.2, -0.15) is 0 Å². The molecule has 2 aromatic carbocycles. The van der Waals surface area contributed by atoms with E-state index in [0.717, 1.165) is 0 Å². The lowest BCUT2D eigenvalue weighted by Crippen LogP contribution is -2.19. The van der Waals surface area contributed by atoms with Crippen LogP contribution in [0.5, 0.6) is 11.5 Å². The summed E-state index contributed by atoms with van der Waals surface area (Å²) < 4.78 is 11.6. The fourth-order valence-corrected chi connectivity index (χ4v) is 4.43. The van der Waals surface area contributed by atoms with E-state index in [1.54, 1.807) is 36.4 Å². The molecule has 1 heterocycles. The average molecular weight is 593 g/mol. The number of amides is 1. The maximum absolute atomic E-state index is 12.4. The molecule has 0 radical (unpaired) electrons. The number of nitrogens with one attached hydrogen (secondary N) is 1. The molecule has 1 aliphatic heterocycles. The molecule has 1 aliphatic rings. The Morgan fingerprint density at radius 1 is 1.26 bits per heavy atom. The van der Waals surface area contributed by atoms with Gasteiger partial charge in [0.05, 0.1) is 30.8 Å². The predicted molar refractivity (Wildman–Crippen MR) is 131 cm³/mol. The van der Waals surface area contributed by atoms with Crippen LogP contribution in [-0.4, -0.2) is 35.4 Å². The Hall–Kier alpha value is -1.95. The smallest absolute Gasteiger partial charge is 0.341 e. The van der Waals surface area contributed by atoms with Crippen molar-refractivity contribution in [3.8, 4) is 11.5 Å². The Morgan fingerprint density at radius 3 is 2.71 bits per heavy atom. The summed E-state index contributed by atoms with van der Waals surface area (Å²) in [5, 5.41) is 12.8. The molecule has 0 aromatic heterocycles. The van der Waals surface area contributed by atoms with Gasteiger partial charge >= 0.3 is 5.97 Å². The number of carbonyl (C=O) groups excluding carboxylic acids is 1. The van der Waals surface area contributed by atoms with Gasteiger partial charge in [0.1, 0.15) is 0 Å². The quantitative estimate of drug-likeness (QED) is 0.332. The van der Waals surface area contributed by atoms with Crippen LogP contribution < -0.4 is 14.8 Å². The number of benzene rings is 2. The van der Waals surface area contributed by atoms with E-state index in [1.165, 1.54) is 11.8 Å². The molecule has 0 aliphatic carbocycles. The lowest BCUT2D eigenvalue weighted by Gasteiger charge is -2.13. The van der Waals surface area contributed by atoms with Gasteiger partial charge in [-0.3, -0.25) is 4.79 Å². The lowest BCUT2D eigenvalue weighted by molar-refractivity contribution is -0.139. The Kier molecular flexibility index (Phi) is 8.09. The molecule has 3 rings (SSSR count). The number of aliphatic carboxylic acids is 1. The Morgan fingerprint density at radius 2 is 2.03 bits per heavy atom. The van der Waals surface area contributed by atoms with Crippen LogP contribution in [0, 0.1) is 3.57 Å². The maximum Gasteiger partial charge on any atom is 0.341 e. The summed E-state index contributed by atoms with van der Waals surface area (Å²) in [6, 6.07) is 8.40. The number of carboxylic acid groups (broad SMARTS) is 1. The van der Waals surface area contributed by atoms with Crippen LogP contribution in [0.3, 0.4) is 0 Å². The van der Waals surface area contributed by atoms with E-state index in [0.29, 0.717) is 53.0 Å². The number of thioether (sulfide) groups is 1. The van der Waals surface area contributed by atoms with Gasteiger partial charge in [0.15, 0.2) is 23.3 Å². The highest BCUT2D eigenvalue weighted by atomic mass is 127. The zero-order valence-corrected chi connectivity index (χ0v) is 20.4. The Labute approximate surface area is 205 Å². The Bertz CT molecular complexity index is 1110. The van der Waals surface area contributed by atoms with Gasteiger partial charge in [-0.1, -0.05) is 23.2 Å². The molecule has 0 bridgehead atoms. The summed E-state index contributed by atoms with van der Waals surface area (Å²) in [6.45, 7) is 1.70. The van der Waals surface area contributed by atoms with Gasteiger partial charge in [-0.25, -0.2) is 9.79 Å². The molecule has 0 spiro atoms. The number of amidine groups is 1. The van der Waals surface area contributed by atoms with Crippen molar-refractivity contribution in [2.75, 3.05) is 13.2 Å². The fourth-order valence-electron chi connectivity index (χ4n) is 2.51. The van der Waals surface area contributed by atoms with E-state index < -0.39 is 12.6 Å². The van der Waals surface area contributed by atoms with Gasteiger partial charge < -0.3 is 19.9 Å². The van der Waals surface area contributed by atoms with E-state index in [9.17, 15) is 9.59 Å². The van der Waals surface area contributed by atoms with Crippen molar-refractivity contribution in [2.24, 2.45) is 4.99 Å². The summed E-state index contributed by atoms with van der Waals surface area (Å²) in [5.74, 6) is -0.631. The molecule has 1 amide bonds. The number of halogens is 3. The maximum atomic E-state index is 12.4. The number of carbonyl (C=O) groups is 2. The van der Waals surface area contributed by atoms with Gasteiger partial charge in [0.25, 0.3) is 5.91 Å². The highest BCUT2D eigenvalue weighted by Gasteiger charge is 2.24.